The molecule has 0 amide bonds. The van der Waals surface area contributed by atoms with Crippen molar-refractivity contribution in [3.63, 3.8) is 0 Å². The maximum absolute atomic E-state index is 3.49. The fourth-order valence-corrected chi connectivity index (χ4v) is 0. The number of hydrogen-bond acceptors (Lipinski definition) is 0. The molecule has 0 aliphatic rings. The summed E-state index contributed by atoms with van der Waals surface area (Å²) in [5, 5.41) is 0. The van der Waals surface area contributed by atoms with Crippen LogP contribution in [0.25, 0.3) is 0 Å². The van der Waals surface area contributed by atoms with Crippen LogP contribution in [0, 0.1) is 0 Å². The van der Waals surface area contributed by atoms with E-state index in [1.54, 1.807) is 0 Å². The van der Waals surface area contributed by atoms with Crippen LogP contribution in [-0.2, 0) is 0 Å². The zero-order chi connectivity index (χ0) is 5.41. The second kappa shape index (κ2) is 15.7. The van der Waals surface area contributed by atoms with Gasteiger partial charge < -0.3 is 5.73 Å². The molecule has 0 bridgehead atoms. The van der Waals surface area contributed by atoms with Crippen LogP contribution in [-0.4, -0.2) is 6.54 Å². The molecule has 0 aliphatic carbocycles. The van der Waals surface area contributed by atoms with Gasteiger partial charge in [-0.25, -0.2) is 0 Å². The molecule has 1 nitrogen and oxygen atoms in total. The van der Waals surface area contributed by atoms with Crippen LogP contribution < -0.4 is 19.0 Å². The first-order valence-electron chi connectivity index (χ1n) is 1.49. The van der Waals surface area contributed by atoms with Gasteiger partial charge in [-0.2, -0.15) is 0 Å². The van der Waals surface area contributed by atoms with Crippen LogP contribution in [0.15, 0.2) is 0 Å². The zero-order valence-corrected chi connectivity index (χ0v) is 10.0. The van der Waals surface area contributed by atoms with Crippen molar-refractivity contribution in [1.82, 2.24) is 0 Å². The molecule has 0 spiro atoms. The van der Waals surface area contributed by atoms with Crippen LogP contribution in [0.4, 0.5) is 0 Å². The average Bonchev–Trinajstić information content (AvgIpc) is 1.39. The van der Waals surface area contributed by atoms with Crippen LogP contribution in [0.3, 0.4) is 0 Å². The fraction of sp³-hybridized carbons (Fsp3) is 1.00. The van der Waals surface area contributed by atoms with Crippen LogP contribution in [0.2, 0.25) is 0 Å². The van der Waals surface area contributed by atoms with Gasteiger partial charge >= 0.3 is 50.5 Å². The third-order valence-electron chi connectivity index (χ3n) is 0. The van der Waals surface area contributed by atoms with Crippen molar-refractivity contribution in [2.75, 3.05) is 6.54 Å². The Hall–Kier alpha value is 2.15. The molecule has 3 N–H and O–H groups in total. The molecule has 0 atom stereocenters. The van der Waals surface area contributed by atoms with Gasteiger partial charge in [0, 0.05) is 0 Å². The molecule has 0 aromatic rings. The standard InChI is InChI=1S/C2H7N.I3/c1-2-3;1-3-2/h2-3H2,1H3;/q;-1/p+1. The topological polar surface area (TPSA) is 27.6 Å². The van der Waals surface area contributed by atoms with Gasteiger partial charge in [0.25, 0.3) is 0 Å². The Morgan fingerprint density at radius 2 is 1.67 bits per heavy atom. The summed E-state index contributed by atoms with van der Waals surface area (Å²) in [5.41, 5.74) is 3.49. The van der Waals surface area contributed by atoms with E-state index in [0.29, 0.717) is 13.3 Å². The summed E-state index contributed by atoms with van der Waals surface area (Å²) in [6.45, 7) is 3.01. The summed E-state index contributed by atoms with van der Waals surface area (Å²) in [4.78, 5) is 0. The first-order valence-corrected chi connectivity index (χ1v) is 14.1. The molecule has 0 heterocycles. The van der Waals surface area contributed by atoms with Crippen LogP contribution in [0.1, 0.15) is 6.92 Å². The van der Waals surface area contributed by atoms with Gasteiger partial charge in [-0.15, -0.1) is 0 Å². The second-order valence-corrected chi connectivity index (χ2v) is 16.8. The molecular formula is C2H8I3N. The Bertz CT molecular complexity index is 10.8. The normalized spacial score (nSPS) is 6.67. The number of quaternary nitrogens is 1. The Kier molecular flexibility index (Phi) is 28.8. The number of halogens is 3. The van der Waals surface area contributed by atoms with Crippen molar-refractivity contribution in [3.8, 4) is 0 Å². The molecule has 0 fully saturated rings. The second-order valence-electron chi connectivity index (χ2n) is 0.554. The molecule has 42 valence electrons. The van der Waals surface area contributed by atoms with Gasteiger partial charge in [-0.1, -0.05) is 0 Å². The first-order chi connectivity index (χ1) is 2.83. The van der Waals surface area contributed by atoms with E-state index in [1.165, 1.54) is 0 Å². The third kappa shape index (κ3) is 35.3. The van der Waals surface area contributed by atoms with E-state index < -0.39 is 0 Å². The molecular weight excluding hydrogens is 419 g/mol. The molecule has 0 aromatic heterocycles. The van der Waals surface area contributed by atoms with E-state index >= 15 is 0 Å². The molecule has 0 saturated carbocycles. The summed E-state index contributed by atoms with van der Waals surface area (Å²) in [6.07, 6.45) is 0. The molecule has 0 aromatic carbocycles. The maximum atomic E-state index is 3.49. The van der Waals surface area contributed by atoms with Crippen molar-refractivity contribution in [1.29, 1.82) is 0 Å². The summed E-state index contributed by atoms with van der Waals surface area (Å²) in [7, 11) is 0. The molecule has 0 rings (SSSR count). The third-order valence-corrected chi connectivity index (χ3v) is 0. The predicted molar refractivity (Wildman–Crippen MR) is 41.5 cm³/mol. The van der Waals surface area contributed by atoms with Gasteiger partial charge in [-0.3, -0.25) is 0 Å². The molecule has 0 aliphatic heterocycles. The summed E-state index contributed by atoms with van der Waals surface area (Å²) < 4.78 is 0. The molecule has 0 saturated heterocycles. The summed E-state index contributed by atoms with van der Waals surface area (Å²) in [6, 6.07) is 0. The fourth-order valence-electron chi connectivity index (χ4n) is 0. The van der Waals surface area contributed by atoms with E-state index in [-0.39, 0.29) is 0 Å². The van der Waals surface area contributed by atoms with Gasteiger partial charge in [0.05, 0.1) is 6.54 Å². The van der Waals surface area contributed by atoms with Gasteiger partial charge in [0.1, 0.15) is 0 Å². The van der Waals surface area contributed by atoms with E-state index in [1.807, 2.05) is 6.92 Å². The van der Waals surface area contributed by atoms with Gasteiger partial charge in [-0.05, 0) is 6.92 Å². The number of hydrogen-bond donors (Lipinski definition) is 1. The Balaban J connectivity index is 0. The Labute approximate surface area is 68.4 Å². The van der Waals surface area contributed by atoms with Crippen molar-refractivity contribution in [2.24, 2.45) is 0 Å². The van der Waals surface area contributed by atoms with Crippen molar-refractivity contribution >= 4 is 37.2 Å². The monoisotopic (exact) mass is 427 g/mol. The predicted octanol–water partition coefficient (Wildman–Crippen LogP) is -1.98. The molecule has 0 unspecified atom stereocenters. The molecule has 4 heteroatoms. The molecule has 0 radical (unpaired) electrons. The van der Waals surface area contributed by atoms with E-state index in [4.69, 9.17) is 0 Å². The first kappa shape index (κ1) is 11.0. The summed E-state index contributed by atoms with van der Waals surface area (Å²) in [5.74, 6) is 0. The molecule has 6 heavy (non-hydrogen) atoms. The van der Waals surface area contributed by atoms with Gasteiger partial charge in [0.2, 0.25) is 0 Å². The van der Waals surface area contributed by atoms with Crippen molar-refractivity contribution in [3.05, 3.63) is 0 Å². The SMILES string of the molecule is CC[NH3+].I[I-]I. The average molecular weight is 427 g/mol. The zero-order valence-electron chi connectivity index (χ0n) is 3.55. The quantitative estimate of drug-likeness (QED) is 0.435. The Morgan fingerprint density at radius 1 is 1.67 bits per heavy atom. The van der Waals surface area contributed by atoms with Crippen LogP contribution in [0.5, 0.6) is 0 Å². The minimum atomic E-state index is 0.530. The van der Waals surface area contributed by atoms with E-state index in [0.717, 1.165) is 6.54 Å². The van der Waals surface area contributed by atoms with E-state index in [9.17, 15) is 0 Å². The van der Waals surface area contributed by atoms with Crippen LogP contribution >= 0.6 is 37.2 Å². The minimum absolute atomic E-state index is 0.530. The van der Waals surface area contributed by atoms with Gasteiger partial charge in [0.15, 0.2) is 0 Å². The Morgan fingerprint density at radius 3 is 1.67 bits per heavy atom. The number of rotatable bonds is 0. The van der Waals surface area contributed by atoms with Crippen molar-refractivity contribution < 1.29 is 19.0 Å². The summed E-state index contributed by atoms with van der Waals surface area (Å²) >= 11 is 5.30. The van der Waals surface area contributed by atoms with Crippen molar-refractivity contribution in [2.45, 2.75) is 6.92 Å². The van der Waals surface area contributed by atoms with E-state index in [2.05, 4.69) is 43.0 Å².